The Morgan fingerprint density at radius 2 is 2.00 bits per heavy atom. The van der Waals surface area contributed by atoms with Crippen LogP contribution in [-0.2, 0) is 17.6 Å². The van der Waals surface area contributed by atoms with Crippen LogP contribution < -0.4 is 5.32 Å². The Balaban J connectivity index is 1.52. The van der Waals surface area contributed by atoms with Crippen LogP contribution in [0.2, 0.25) is 0 Å². The van der Waals surface area contributed by atoms with E-state index in [1.54, 1.807) is 22.7 Å². The highest BCUT2D eigenvalue weighted by Crippen LogP contribution is 2.40. The normalized spacial score (nSPS) is 16.7. The number of thiophene rings is 2. The van der Waals surface area contributed by atoms with E-state index in [-0.39, 0.29) is 11.9 Å². The molecular formula is C23H26N2O3S2. The number of aryl methyl sites for hydroxylation is 1. The van der Waals surface area contributed by atoms with Crippen molar-refractivity contribution in [2.24, 2.45) is 0 Å². The zero-order chi connectivity index (χ0) is 20.7. The van der Waals surface area contributed by atoms with Gasteiger partial charge in [-0.25, -0.2) is 4.79 Å². The Kier molecular flexibility index (Phi) is 5.41. The zero-order valence-corrected chi connectivity index (χ0v) is 18.8. The van der Waals surface area contributed by atoms with E-state index in [0.717, 1.165) is 54.3 Å². The van der Waals surface area contributed by atoms with E-state index in [9.17, 15) is 9.59 Å². The molecule has 1 amide bonds. The molecule has 0 saturated heterocycles. The molecule has 3 aromatic heterocycles. The number of ether oxygens (including phenoxy) is 1. The molecule has 30 heavy (non-hydrogen) atoms. The molecule has 3 heterocycles. The van der Waals surface area contributed by atoms with Crippen molar-refractivity contribution in [1.29, 1.82) is 0 Å². The van der Waals surface area contributed by atoms with E-state index in [2.05, 4.69) is 21.3 Å². The van der Waals surface area contributed by atoms with Crippen LogP contribution in [-0.4, -0.2) is 23.1 Å². The topological polar surface area (TPSA) is 60.3 Å². The van der Waals surface area contributed by atoms with Crippen molar-refractivity contribution >= 4 is 49.8 Å². The van der Waals surface area contributed by atoms with Gasteiger partial charge in [0.1, 0.15) is 10.7 Å². The number of nitrogens with one attached hydrogen (secondary N) is 1. The largest absolute Gasteiger partial charge is 0.462 e. The van der Waals surface area contributed by atoms with E-state index >= 15 is 0 Å². The molecule has 1 N–H and O–H groups in total. The summed E-state index contributed by atoms with van der Waals surface area (Å²) < 4.78 is 8.70. The van der Waals surface area contributed by atoms with Gasteiger partial charge in [-0.2, -0.15) is 0 Å². The van der Waals surface area contributed by atoms with Crippen LogP contribution in [0.1, 0.15) is 82.8 Å². The van der Waals surface area contributed by atoms with Crippen molar-refractivity contribution in [3.05, 3.63) is 39.2 Å². The maximum atomic E-state index is 13.4. The zero-order valence-electron chi connectivity index (χ0n) is 17.2. The Morgan fingerprint density at radius 1 is 1.20 bits per heavy atom. The monoisotopic (exact) mass is 442 g/mol. The summed E-state index contributed by atoms with van der Waals surface area (Å²) in [6.45, 7) is 2.15. The number of nitrogens with zero attached hydrogens (tertiary/aromatic N) is 1. The summed E-state index contributed by atoms with van der Waals surface area (Å²) in [5.74, 6) is -0.450. The molecule has 7 heteroatoms. The molecule has 2 aliphatic carbocycles. The van der Waals surface area contributed by atoms with Gasteiger partial charge < -0.3 is 14.6 Å². The average molecular weight is 443 g/mol. The maximum Gasteiger partial charge on any atom is 0.341 e. The maximum absolute atomic E-state index is 13.4. The molecule has 158 valence electrons. The highest BCUT2D eigenvalue weighted by atomic mass is 32.1. The number of carbonyl (C=O) groups excluding carboxylic acids is 2. The van der Waals surface area contributed by atoms with Crippen LogP contribution >= 0.6 is 22.7 Å². The van der Waals surface area contributed by atoms with Crippen LogP contribution in [0.15, 0.2) is 17.5 Å². The molecule has 2 aliphatic rings. The van der Waals surface area contributed by atoms with Gasteiger partial charge in [-0.3, -0.25) is 4.79 Å². The lowest BCUT2D eigenvalue weighted by molar-refractivity contribution is 0.0526. The molecule has 0 bridgehead atoms. The minimum Gasteiger partial charge on any atom is -0.462 e. The first-order chi connectivity index (χ1) is 14.7. The van der Waals surface area contributed by atoms with Gasteiger partial charge in [0.15, 0.2) is 0 Å². The van der Waals surface area contributed by atoms with Crippen molar-refractivity contribution in [3.63, 3.8) is 0 Å². The Labute approximate surface area is 184 Å². The third-order valence-corrected chi connectivity index (χ3v) is 8.32. The quantitative estimate of drug-likeness (QED) is 0.480. The van der Waals surface area contributed by atoms with Gasteiger partial charge >= 0.3 is 5.97 Å². The summed E-state index contributed by atoms with van der Waals surface area (Å²) in [7, 11) is 0. The number of amides is 1. The van der Waals surface area contributed by atoms with Gasteiger partial charge in [0.05, 0.1) is 22.4 Å². The van der Waals surface area contributed by atoms with Crippen LogP contribution in [0, 0.1) is 0 Å². The van der Waals surface area contributed by atoms with Crippen LogP contribution in [0.25, 0.3) is 10.2 Å². The predicted molar refractivity (Wildman–Crippen MR) is 122 cm³/mol. The summed E-state index contributed by atoms with van der Waals surface area (Å²) in [6.07, 6.45) is 8.69. The smallest absolute Gasteiger partial charge is 0.341 e. The highest BCUT2D eigenvalue weighted by Gasteiger charge is 2.29. The van der Waals surface area contributed by atoms with Gasteiger partial charge in [0.2, 0.25) is 0 Å². The summed E-state index contributed by atoms with van der Waals surface area (Å²) >= 11 is 3.22. The van der Waals surface area contributed by atoms with Crippen LogP contribution in [0.5, 0.6) is 0 Å². The van der Waals surface area contributed by atoms with Gasteiger partial charge in [0, 0.05) is 10.9 Å². The molecule has 0 atom stereocenters. The van der Waals surface area contributed by atoms with E-state index in [0.29, 0.717) is 28.9 Å². The van der Waals surface area contributed by atoms with E-state index in [4.69, 9.17) is 4.74 Å². The summed E-state index contributed by atoms with van der Waals surface area (Å²) in [6, 6.07) is 4.49. The first kappa shape index (κ1) is 19.8. The Hall–Kier alpha value is -2.12. The van der Waals surface area contributed by atoms with Gasteiger partial charge in [0.25, 0.3) is 5.91 Å². The molecule has 1 fully saturated rings. The SMILES string of the molecule is CCOC(=O)c1c(NC(=O)c2cc3sccc3n2C2CCCC2)sc2c1CCCC2. The van der Waals surface area contributed by atoms with Crippen LogP contribution in [0.3, 0.4) is 0 Å². The fourth-order valence-electron chi connectivity index (χ4n) is 4.92. The summed E-state index contributed by atoms with van der Waals surface area (Å²) in [5.41, 5.74) is 3.50. The van der Waals surface area contributed by atoms with Gasteiger partial charge in [-0.05, 0) is 68.5 Å². The molecule has 0 spiro atoms. The standard InChI is InChI=1S/C23H26N2O3S2/c1-2-28-23(27)20-15-9-5-6-10-18(15)30-22(20)24-21(26)17-13-19-16(11-12-29-19)25(17)14-7-3-4-8-14/h11-14H,2-10H2,1H3,(H,24,26). The van der Waals surface area contributed by atoms with E-state index < -0.39 is 0 Å². The third-order valence-electron chi connectivity index (χ3n) is 6.26. The van der Waals surface area contributed by atoms with Crippen molar-refractivity contribution < 1.29 is 14.3 Å². The molecule has 0 aliphatic heterocycles. The summed E-state index contributed by atoms with van der Waals surface area (Å²) in [4.78, 5) is 27.4. The number of esters is 1. The molecule has 0 aromatic carbocycles. The highest BCUT2D eigenvalue weighted by molar-refractivity contribution is 7.17. The van der Waals surface area contributed by atoms with Gasteiger partial charge in [-0.1, -0.05) is 12.8 Å². The Morgan fingerprint density at radius 3 is 2.80 bits per heavy atom. The van der Waals surface area contributed by atoms with Crippen molar-refractivity contribution in [2.45, 2.75) is 64.3 Å². The lowest BCUT2D eigenvalue weighted by atomic mass is 9.95. The number of aromatic nitrogens is 1. The second-order valence-electron chi connectivity index (χ2n) is 8.10. The van der Waals surface area contributed by atoms with E-state index in [1.807, 2.05) is 13.0 Å². The first-order valence-corrected chi connectivity index (χ1v) is 12.6. The fourth-order valence-corrected chi connectivity index (χ4v) is 7.00. The fraction of sp³-hybridized carbons (Fsp3) is 0.478. The predicted octanol–water partition coefficient (Wildman–Crippen LogP) is 6.19. The minimum absolute atomic E-state index is 0.130. The number of carbonyl (C=O) groups is 2. The molecule has 1 saturated carbocycles. The molecule has 0 radical (unpaired) electrons. The third kappa shape index (κ3) is 3.38. The summed E-state index contributed by atoms with van der Waals surface area (Å²) in [5, 5.41) is 5.83. The number of fused-ring (bicyclic) bond motifs is 2. The molecule has 3 aromatic rings. The molecule has 5 rings (SSSR count). The van der Waals surface area contributed by atoms with E-state index in [1.165, 1.54) is 17.7 Å². The average Bonchev–Trinajstić information content (AvgIpc) is 3.50. The second kappa shape index (κ2) is 8.19. The Bertz CT molecular complexity index is 1100. The molecular weight excluding hydrogens is 416 g/mol. The number of hydrogen-bond donors (Lipinski definition) is 1. The lowest BCUT2D eigenvalue weighted by Crippen LogP contribution is -2.20. The number of rotatable bonds is 5. The first-order valence-electron chi connectivity index (χ1n) is 10.9. The minimum atomic E-state index is -0.320. The molecule has 5 nitrogen and oxygen atoms in total. The second-order valence-corrected chi connectivity index (χ2v) is 10.2. The number of anilines is 1. The van der Waals surface area contributed by atoms with Gasteiger partial charge in [-0.15, -0.1) is 22.7 Å². The molecule has 0 unspecified atom stereocenters. The van der Waals surface area contributed by atoms with Crippen molar-refractivity contribution in [3.8, 4) is 0 Å². The lowest BCUT2D eigenvalue weighted by Gasteiger charge is -2.17. The van der Waals surface area contributed by atoms with Crippen molar-refractivity contribution in [1.82, 2.24) is 4.57 Å². The van der Waals surface area contributed by atoms with Crippen molar-refractivity contribution in [2.75, 3.05) is 11.9 Å². The van der Waals surface area contributed by atoms with Crippen LogP contribution in [0.4, 0.5) is 5.00 Å². The number of hydrogen-bond acceptors (Lipinski definition) is 5.